The SMILES string of the molecule is CC(C)CC(NC(=O)CNC(=O)C(N)C(C)O)C(=O)NC(CCC(=O)O)C(=O)O. The lowest BCUT2D eigenvalue weighted by Crippen LogP contribution is -2.54. The lowest BCUT2D eigenvalue weighted by Gasteiger charge is -2.23. The number of carbonyl (C=O) groups is 5. The predicted octanol–water partition coefficient (Wildman–Crippen LogP) is -2.22. The Kier molecular flexibility index (Phi) is 11.5. The van der Waals surface area contributed by atoms with Crippen LogP contribution in [0.4, 0.5) is 0 Å². The zero-order valence-electron chi connectivity index (χ0n) is 16.7. The first-order valence-corrected chi connectivity index (χ1v) is 9.10. The van der Waals surface area contributed by atoms with Gasteiger partial charge in [-0.15, -0.1) is 0 Å². The summed E-state index contributed by atoms with van der Waals surface area (Å²) < 4.78 is 0. The van der Waals surface area contributed by atoms with Crippen molar-refractivity contribution in [3.8, 4) is 0 Å². The molecule has 166 valence electrons. The van der Waals surface area contributed by atoms with Crippen molar-refractivity contribution in [2.24, 2.45) is 11.7 Å². The highest BCUT2D eigenvalue weighted by molar-refractivity contribution is 5.92. The Balaban J connectivity index is 4.94. The molecular weight excluding hydrogens is 388 g/mol. The largest absolute Gasteiger partial charge is 0.481 e. The van der Waals surface area contributed by atoms with Crippen LogP contribution < -0.4 is 21.7 Å². The first-order chi connectivity index (χ1) is 13.3. The molecule has 0 aromatic rings. The summed E-state index contributed by atoms with van der Waals surface area (Å²) in [5.74, 6) is -4.88. The lowest BCUT2D eigenvalue weighted by atomic mass is 10.0. The van der Waals surface area contributed by atoms with Gasteiger partial charge in [0.25, 0.3) is 0 Å². The number of aliphatic hydroxyl groups is 1. The number of aliphatic carboxylic acids is 2. The topological polar surface area (TPSA) is 208 Å². The van der Waals surface area contributed by atoms with Gasteiger partial charge in [-0.05, 0) is 25.7 Å². The third-order valence-corrected chi connectivity index (χ3v) is 3.87. The van der Waals surface area contributed by atoms with E-state index in [2.05, 4.69) is 16.0 Å². The molecule has 29 heavy (non-hydrogen) atoms. The van der Waals surface area contributed by atoms with Crippen LogP contribution in [0.1, 0.15) is 40.0 Å². The number of nitrogens with two attached hydrogens (primary N) is 1. The van der Waals surface area contributed by atoms with Gasteiger partial charge in [0.15, 0.2) is 0 Å². The normalized spacial score (nSPS) is 15.0. The van der Waals surface area contributed by atoms with E-state index in [9.17, 15) is 29.1 Å². The fourth-order valence-corrected chi connectivity index (χ4v) is 2.25. The van der Waals surface area contributed by atoms with Crippen molar-refractivity contribution in [2.75, 3.05) is 6.54 Å². The summed E-state index contributed by atoms with van der Waals surface area (Å²) in [6, 6.07) is -3.73. The Morgan fingerprint density at radius 1 is 0.931 bits per heavy atom. The van der Waals surface area contributed by atoms with Crippen LogP contribution in [0.25, 0.3) is 0 Å². The molecule has 0 heterocycles. The van der Waals surface area contributed by atoms with E-state index in [0.717, 1.165) is 0 Å². The molecule has 0 saturated heterocycles. The highest BCUT2D eigenvalue weighted by Crippen LogP contribution is 2.07. The van der Waals surface area contributed by atoms with Gasteiger partial charge in [0, 0.05) is 6.42 Å². The van der Waals surface area contributed by atoms with Crippen LogP contribution in [0.5, 0.6) is 0 Å². The molecule has 8 N–H and O–H groups in total. The molecule has 0 spiro atoms. The van der Waals surface area contributed by atoms with E-state index in [1.165, 1.54) is 6.92 Å². The standard InChI is InChI=1S/C17H30N4O8/c1-8(2)6-11(15(26)21-10(17(28)29)4-5-13(24)25)20-12(23)7-19-16(27)14(18)9(3)22/h8-11,14,22H,4-7,18H2,1-3H3,(H,19,27)(H,20,23)(H,21,26)(H,24,25)(H,28,29). The van der Waals surface area contributed by atoms with E-state index in [-0.39, 0.29) is 18.8 Å². The van der Waals surface area contributed by atoms with Gasteiger partial charge in [0.05, 0.1) is 12.6 Å². The summed E-state index contributed by atoms with van der Waals surface area (Å²) in [5, 5.41) is 33.9. The van der Waals surface area contributed by atoms with Crippen LogP contribution in [0.2, 0.25) is 0 Å². The van der Waals surface area contributed by atoms with Gasteiger partial charge in [-0.25, -0.2) is 4.79 Å². The van der Waals surface area contributed by atoms with Crippen LogP contribution >= 0.6 is 0 Å². The lowest BCUT2D eigenvalue weighted by molar-refractivity contribution is -0.143. The fourth-order valence-electron chi connectivity index (χ4n) is 2.25. The van der Waals surface area contributed by atoms with Crippen LogP contribution in [0, 0.1) is 5.92 Å². The van der Waals surface area contributed by atoms with Gasteiger partial charge in [0.2, 0.25) is 17.7 Å². The molecule has 4 atom stereocenters. The second kappa shape index (κ2) is 12.7. The molecule has 12 heteroatoms. The van der Waals surface area contributed by atoms with Crippen LogP contribution in [0.15, 0.2) is 0 Å². The molecule has 0 aliphatic carbocycles. The van der Waals surface area contributed by atoms with Gasteiger partial charge >= 0.3 is 11.9 Å². The number of rotatable bonds is 13. The monoisotopic (exact) mass is 418 g/mol. The maximum absolute atomic E-state index is 12.4. The summed E-state index contributed by atoms with van der Waals surface area (Å²) in [5.41, 5.74) is 5.44. The van der Waals surface area contributed by atoms with Gasteiger partial charge in [-0.3, -0.25) is 19.2 Å². The van der Waals surface area contributed by atoms with E-state index in [1.54, 1.807) is 13.8 Å². The smallest absolute Gasteiger partial charge is 0.326 e. The number of hydrogen-bond acceptors (Lipinski definition) is 7. The first kappa shape index (κ1) is 26.3. The molecule has 3 amide bonds. The number of aliphatic hydroxyl groups excluding tert-OH is 1. The van der Waals surface area contributed by atoms with E-state index in [1.807, 2.05) is 0 Å². The van der Waals surface area contributed by atoms with Crippen molar-refractivity contribution >= 4 is 29.7 Å². The number of nitrogens with one attached hydrogen (secondary N) is 3. The van der Waals surface area contributed by atoms with Crippen molar-refractivity contribution in [1.82, 2.24) is 16.0 Å². The van der Waals surface area contributed by atoms with Crippen LogP contribution in [-0.4, -0.2) is 75.8 Å². The van der Waals surface area contributed by atoms with Crippen LogP contribution in [-0.2, 0) is 24.0 Å². The van der Waals surface area contributed by atoms with E-state index in [0.29, 0.717) is 0 Å². The van der Waals surface area contributed by atoms with E-state index >= 15 is 0 Å². The number of hydrogen-bond donors (Lipinski definition) is 7. The minimum Gasteiger partial charge on any atom is -0.481 e. The Bertz CT molecular complexity index is 608. The van der Waals surface area contributed by atoms with Crippen molar-refractivity contribution in [3.05, 3.63) is 0 Å². The molecule has 0 aromatic heterocycles. The van der Waals surface area contributed by atoms with Crippen molar-refractivity contribution in [1.29, 1.82) is 0 Å². The number of amides is 3. The minimum absolute atomic E-state index is 0.0356. The molecule has 4 unspecified atom stereocenters. The van der Waals surface area contributed by atoms with Crippen molar-refractivity contribution in [2.45, 2.75) is 64.3 Å². The van der Waals surface area contributed by atoms with Gasteiger partial charge in [-0.2, -0.15) is 0 Å². The van der Waals surface area contributed by atoms with E-state index in [4.69, 9.17) is 15.9 Å². The molecule has 0 aromatic carbocycles. The summed E-state index contributed by atoms with van der Waals surface area (Å²) in [6.07, 6.45) is -1.69. The zero-order valence-corrected chi connectivity index (χ0v) is 16.7. The van der Waals surface area contributed by atoms with Gasteiger partial charge < -0.3 is 37.0 Å². The highest BCUT2D eigenvalue weighted by atomic mass is 16.4. The summed E-state index contributed by atoms with van der Waals surface area (Å²) in [4.78, 5) is 58.0. The van der Waals surface area contributed by atoms with E-state index < -0.39 is 66.9 Å². The molecule has 0 rings (SSSR count). The van der Waals surface area contributed by atoms with Gasteiger partial charge in [-0.1, -0.05) is 13.8 Å². The summed E-state index contributed by atoms with van der Waals surface area (Å²) in [6.45, 7) is 4.39. The molecule has 0 aliphatic heterocycles. The number of carbonyl (C=O) groups excluding carboxylic acids is 3. The van der Waals surface area contributed by atoms with Crippen molar-refractivity contribution < 1.29 is 39.3 Å². The molecular formula is C17H30N4O8. The molecule has 0 saturated carbocycles. The third kappa shape index (κ3) is 11.0. The molecule has 0 bridgehead atoms. The Morgan fingerprint density at radius 2 is 1.52 bits per heavy atom. The molecule has 0 aliphatic rings. The minimum atomic E-state index is -1.42. The Hall–Kier alpha value is -2.73. The van der Waals surface area contributed by atoms with Crippen molar-refractivity contribution in [3.63, 3.8) is 0 Å². The average molecular weight is 418 g/mol. The fraction of sp³-hybridized carbons (Fsp3) is 0.706. The Morgan fingerprint density at radius 3 is 1.97 bits per heavy atom. The Labute approximate surface area is 168 Å². The quantitative estimate of drug-likeness (QED) is 0.172. The maximum Gasteiger partial charge on any atom is 0.326 e. The highest BCUT2D eigenvalue weighted by Gasteiger charge is 2.28. The second-order valence-electron chi connectivity index (χ2n) is 7.07. The first-order valence-electron chi connectivity index (χ1n) is 9.10. The van der Waals surface area contributed by atoms with Gasteiger partial charge in [0.1, 0.15) is 18.1 Å². The molecule has 0 fully saturated rings. The van der Waals surface area contributed by atoms with Crippen LogP contribution in [0.3, 0.4) is 0 Å². The summed E-state index contributed by atoms with van der Waals surface area (Å²) in [7, 11) is 0. The summed E-state index contributed by atoms with van der Waals surface area (Å²) >= 11 is 0. The third-order valence-electron chi connectivity index (χ3n) is 3.87. The average Bonchev–Trinajstić information content (AvgIpc) is 2.60. The predicted molar refractivity (Wildman–Crippen MR) is 100 cm³/mol. The molecule has 0 radical (unpaired) electrons. The number of carboxylic acid groups (broad SMARTS) is 2. The molecule has 12 nitrogen and oxygen atoms in total. The zero-order chi connectivity index (χ0) is 22.7. The second-order valence-corrected chi connectivity index (χ2v) is 7.07. The maximum atomic E-state index is 12.4. The number of carboxylic acids is 2.